The van der Waals surface area contributed by atoms with Gasteiger partial charge in [-0.05, 0) is 55.8 Å². The Bertz CT molecular complexity index is 871. The van der Waals surface area contributed by atoms with Crippen molar-refractivity contribution in [2.45, 2.75) is 39.7 Å². The van der Waals surface area contributed by atoms with Crippen LogP contribution in [0.25, 0.3) is 0 Å². The third-order valence-corrected chi connectivity index (χ3v) is 5.63. The third kappa shape index (κ3) is 7.18. The summed E-state index contributed by atoms with van der Waals surface area (Å²) >= 11 is 1.73. The van der Waals surface area contributed by atoms with Crippen molar-refractivity contribution in [1.29, 1.82) is 0 Å². The molecule has 3 aromatic heterocycles. The first-order valence-corrected chi connectivity index (χ1v) is 10.6. The lowest BCUT2D eigenvalue weighted by Crippen LogP contribution is -2.39. The molecule has 3 heterocycles. The SMILES string of the molecule is Cc1nn(C)c(C)c1CCCNC(=NCc1cccs1)NCCc1ccco1.I. The molecule has 0 amide bonds. The van der Waals surface area contributed by atoms with E-state index in [0.717, 1.165) is 49.8 Å². The molecule has 0 aromatic carbocycles. The van der Waals surface area contributed by atoms with E-state index in [0.29, 0.717) is 6.54 Å². The highest BCUT2D eigenvalue weighted by Crippen LogP contribution is 2.13. The number of furan rings is 1. The number of hydrogen-bond acceptors (Lipinski definition) is 4. The van der Waals surface area contributed by atoms with Crippen LogP contribution < -0.4 is 10.6 Å². The molecule has 29 heavy (non-hydrogen) atoms. The average Bonchev–Trinajstić information content (AvgIpc) is 3.42. The second-order valence-corrected chi connectivity index (χ2v) is 7.84. The van der Waals surface area contributed by atoms with Crippen molar-refractivity contribution >= 4 is 41.3 Å². The van der Waals surface area contributed by atoms with E-state index in [-0.39, 0.29) is 24.0 Å². The minimum atomic E-state index is 0. The van der Waals surface area contributed by atoms with Crippen molar-refractivity contribution in [2.75, 3.05) is 13.1 Å². The predicted octanol–water partition coefficient (Wildman–Crippen LogP) is 4.22. The zero-order valence-electron chi connectivity index (χ0n) is 17.3. The number of aliphatic imine (C=N–C) groups is 1. The van der Waals surface area contributed by atoms with Crippen LogP contribution in [0, 0.1) is 13.8 Å². The number of aromatic nitrogens is 2. The first-order chi connectivity index (χ1) is 13.6. The lowest BCUT2D eigenvalue weighted by Gasteiger charge is -2.12. The van der Waals surface area contributed by atoms with Crippen molar-refractivity contribution in [3.8, 4) is 0 Å². The van der Waals surface area contributed by atoms with Crippen molar-refractivity contribution < 1.29 is 4.42 Å². The number of guanidine groups is 1. The van der Waals surface area contributed by atoms with Gasteiger partial charge in [0.15, 0.2) is 5.96 Å². The molecule has 0 atom stereocenters. The molecule has 0 radical (unpaired) electrons. The number of nitrogens with one attached hydrogen (secondary N) is 2. The highest BCUT2D eigenvalue weighted by Gasteiger charge is 2.09. The summed E-state index contributed by atoms with van der Waals surface area (Å²) in [5.74, 6) is 1.83. The normalized spacial score (nSPS) is 11.3. The van der Waals surface area contributed by atoms with Gasteiger partial charge < -0.3 is 15.1 Å². The summed E-state index contributed by atoms with van der Waals surface area (Å²) < 4.78 is 7.36. The number of rotatable bonds is 9. The largest absolute Gasteiger partial charge is 0.469 e. The number of aryl methyl sites for hydroxylation is 2. The standard InChI is InChI=1S/C21H29N5OS.HI/c1-16-20(17(2)26(3)25-16)9-4-11-22-21(24-15-19-8-6-14-28-19)23-12-10-18-7-5-13-27-18;/h5-8,13-14H,4,9-12,15H2,1-3H3,(H2,22,23,24);1H. The molecule has 2 N–H and O–H groups in total. The van der Waals surface area contributed by atoms with E-state index in [1.807, 2.05) is 23.9 Å². The van der Waals surface area contributed by atoms with Gasteiger partial charge in [-0.15, -0.1) is 35.3 Å². The molecule has 0 spiro atoms. The summed E-state index contributed by atoms with van der Waals surface area (Å²) in [6.45, 7) is 6.55. The van der Waals surface area contributed by atoms with Gasteiger partial charge in [0.05, 0.1) is 18.5 Å². The van der Waals surface area contributed by atoms with Gasteiger partial charge in [-0.2, -0.15) is 5.10 Å². The lowest BCUT2D eigenvalue weighted by molar-refractivity contribution is 0.506. The van der Waals surface area contributed by atoms with Gasteiger partial charge >= 0.3 is 0 Å². The van der Waals surface area contributed by atoms with E-state index < -0.39 is 0 Å². The highest BCUT2D eigenvalue weighted by atomic mass is 127. The fraction of sp³-hybridized carbons (Fsp3) is 0.429. The van der Waals surface area contributed by atoms with Crippen LogP contribution in [0.3, 0.4) is 0 Å². The smallest absolute Gasteiger partial charge is 0.191 e. The van der Waals surface area contributed by atoms with Gasteiger partial charge in [0.1, 0.15) is 5.76 Å². The fourth-order valence-corrected chi connectivity index (χ4v) is 3.77. The molecule has 0 saturated heterocycles. The maximum absolute atomic E-state index is 5.40. The molecule has 0 aliphatic rings. The number of nitrogens with zero attached hydrogens (tertiary/aromatic N) is 3. The average molecular weight is 527 g/mol. The second-order valence-electron chi connectivity index (χ2n) is 6.80. The molecule has 0 bridgehead atoms. The summed E-state index contributed by atoms with van der Waals surface area (Å²) in [6.07, 6.45) is 4.59. The van der Waals surface area contributed by atoms with E-state index in [1.54, 1.807) is 17.6 Å². The number of thiophene rings is 1. The molecule has 0 unspecified atom stereocenters. The van der Waals surface area contributed by atoms with Crippen LogP contribution in [0.2, 0.25) is 0 Å². The predicted molar refractivity (Wildman–Crippen MR) is 130 cm³/mol. The Hall–Kier alpha value is -1.81. The van der Waals surface area contributed by atoms with E-state index in [1.165, 1.54) is 16.1 Å². The van der Waals surface area contributed by atoms with Gasteiger partial charge in [0.25, 0.3) is 0 Å². The van der Waals surface area contributed by atoms with Crippen LogP contribution in [0.5, 0.6) is 0 Å². The molecule has 8 heteroatoms. The Labute approximate surface area is 193 Å². The highest BCUT2D eigenvalue weighted by molar-refractivity contribution is 14.0. The van der Waals surface area contributed by atoms with Gasteiger partial charge in [0.2, 0.25) is 0 Å². The molecule has 0 saturated carbocycles. The van der Waals surface area contributed by atoms with Crippen LogP contribution in [0.4, 0.5) is 0 Å². The first-order valence-electron chi connectivity index (χ1n) is 9.69. The van der Waals surface area contributed by atoms with Crippen molar-refractivity contribution in [3.05, 3.63) is 63.5 Å². The van der Waals surface area contributed by atoms with Gasteiger partial charge in [0, 0.05) is 37.1 Å². The zero-order chi connectivity index (χ0) is 19.8. The van der Waals surface area contributed by atoms with E-state index in [9.17, 15) is 0 Å². The maximum atomic E-state index is 5.40. The summed E-state index contributed by atoms with van der Waals surface area (Å²) in [6, 6.07) is 8.09. The second kappa shape index (κ2) is 12.0. The zero-order valence-corrected chi connectivity index (χ0v) is 20.4. The van der Waals surface area contributed by atoms with E-state index >= 15 is 0 Å². The van der Waals surface area contributed by atoms with Crippen molar-refractivity contribution in [3.63, 3.8) is 0 Å². The lowest BCUT2D eigenvalue weighted by atomic mass is 10.1. The Morgan fingerprint density at radius 3 is 2.66 bits per heavy atom. The van der Waals surface area contributed by atoms with Crippen molar-refractivity contribution in [2.24, 2.45) is 12.0 Å². The Morgan fingerprint density at radius 2 is 2.00 bits per heavy atom. The quantitative estimate of drug-likeness (QED) is 0.189. The maximum Gasteiger partial charge on any atom is 0.191 e. The van der Waals surface area contributed by atoms with Crippen LogP contribution in [-0.4, -0.2) is 28.8 Å². The monoisotopic (exact) mass is 527 g/mol. The minimum Gasteiger partial charge on any atom is -0.469 e. The van der Waals surface area contributed by atoms with Crippen molar-refractivity contribution in [1.82, 2.24) is 20.4 Å². The van der Waals surface area contributed by atoms with Gasteiger partial charge in [-0.3, -0.25) is 4.68 Å². The molecule has 0 aliphatic carbocycles. The van der Waals surface area contributed by atoms with Crippen LogP contribution in [-0.2, 0) is 26.4 Å². The van der Waals surface area contributed by atoms with Crippen LogP contribution in [0.15, 0.2) is 45.3 Å². The summed E-state index contributed by atoms with van der Waals surface area (Å²) in [5.41, 5.74) is 3.73. The van der Waals surface area contributed by atoms with Crippen LogP contribution in [0.1, 0.15) is 34.0 Å². The summed E-state index contributed by atoms with van der Waals surface area (Å²) in [7, 11) is 2.00. The molecule has 3 rings (SSSR count). The van der Waals surface area contributed by atoms with E-state index in [2.05, 4.69) is 47.1 Å². The number of hydrogen-bond donors (Lipinski definition) is 2. The minimum absolute atomic E-state index is 0. The third-order valence-electron chi connectivity index (χ3n) is 4.77. The van der Waals surface area contributed by atoms with Gasteiger partial charge in [-0.1, -0.05) is 6.07 Å². The Morgan fingerprint density at radius 1 is 1.17 bits per heavy atom. The van der Waals surface area contributed by atoms with Gasteiger partial charge in [-0.25, -0.2) is 4.99 Å². The van der Waals surface area contributed by atoms with E-state index in [4.69, 9.17) is 9.41 Å². The molecular weight excluding hydrogens is 497 g/mol. The Kier molecular flexibility index (Phi) is 9.72. The Balaban J connectivity index is 0.00000300. The van der Waals surface area contributed by atoms with Crippen LogP contribution >= 0.6 is 35.3 Å². The number of halogens is 1. The molecular formula is C21H30IN5OS. The molecule has 0 aliphatic heterocycles. The first kappa shape index (κ1) is 23.5. The molecule has 158 valence electrons. The topological polar surface area (TPSA) is 67.4 Å². The molecule has 3 aromatic rings. The fourth-order valence-electron chi connectivity index (χ4n) is 3.14. The molecule has 6 nitrogen and oxygen atoms in total. The summed E-state index contributed by atoms with van der Waals surface area (Å²) in [5, 5.41) is 13.5. The summed E-state index contributed by atoms with van der Waals surface area (Å²) in [4.78, 5) is 5.98. The molecule has 0 fully saturated rings.